The standard InChI is InChI=1S/C27H39N5O3S/c1-5-12-29-16-22(28)18-36-25(27(3,4)26(33)34)20-11-10-19(2)21(15-20)17-32-14-7-9-23-24(31-35-32)8-6-13-30-23/h6,8,10-11,13,15-16,25,29,31H,5,7,9,12,14,17-18,28H2,1-4H3,(H,33,34)/b22-16-. The largest absolute Gasteiger partial charge is 0.481 e. The van der Waals surface area contributed by atoms with E-state index in [2.05, 4.69) is 41.8 Å². The van der Waals surface area contributed by atoms with E-state index in [9.17, 15) is 9.90 Å². The van der Waals surface area contributed by atoms with Crippen LogP contribution in [0.25, 0.3) is 0 Å². The van der Waals surface area contributed by atoms with E-state index in [0.29, 0.717) is 18.0 Å². The van der Waals surface area contributed by atoms with E-state index in [1.165, 1.54) is 0 Å². The molecule has 0 fully saturated rings. The van der Waals surface area contributed by atoms with Crippen LogP contribution in [0.3, 0.4) is 0 Å². The first-order valence-electron chi connectivity index (χ1n) is 12.5. The van der Waals surface area contributed by atoms with E-state index in [0.717, 1.165) is 60.4 Å². The van der Waals surface area contributed by atoms with Crippen LogP contribution < -0.4 is 16.5 Å². The smallest absolute Gasteiger partial charge is 0.310 e. The molecule has 2 heterocycles. The van der Waals surface area contributed by atoms with Crippen LogP contribution >= 0.6 is 11.8 Å². The van der Waals surface area contributed by atoms with Gasteiger partial charge in [-0.05, 0) is 68.9 Å². The fraction of sp³-hybridized carbons (Fsp3) is 0.481. The molecule has 1 aromatic carbocycles. The molecule has 196 valence electrons. The third-order valence-electron chi connectivity index (χ3n) is 6.32. The Morgan fingerprint density at radius 3 is 2.97 bits per heavy atom. The molecule has 2 aromatic rings. The molecule has 1 atom stereocenters. The maximum absolute atomic E-state index is 12.2. The highest BCUT2D eigenvalue weighted by atomic mass is 32.2. The molecular weight excluding hydrogens is 474 g/mol. The Morgan fingerprint density at radius 2 is 2.22 bits per heavy atom. The summed E-state index contributed by atoms with van der Waals surface area (Å²) in [6.07, 6.45) is 6.42. The Morgan fingerprint density at radius 1 is 1.42 bits per heavy atom. The van der Waals surface area contributed by atoms with Crippen molar-refractivity contribution in [2.45, 2.75) is 58.8 Å². The number of aryl methyl sites for hydroxylation is 2. The van der Waals surface area contributed by atoms with E-state index in [1.807, 2.05) is 29.5 Å². The van der Waals surface area contributed by atoms with Crippen LogP contribution in [-0.4, -0.2) is 40.0 Å². The monoisotopic (exact) mass is 513 g/mol. The number of anilines is 1. The van der Waals surface area contributed by atoms with Gasteiger partial charge in [0.25, 0.3) is 0 Å². The van der Waals surface area contributed by atoms with Crippen molar-refractivity contribution >= 4 is 23.4 Å². The van der Waals surface area contributed by atoms with Crippen LogP contribution in [0.1, 0.15) is 61.2 Å². The highest BCUT2D eigenvalue weighted by Gasteiger charge is 2.38. The van der Waals surface area contributed by atoms with Crippen molar-refractivity contribution in [1.82, 2.24) is 15.4 Å². The number of aliphatic carboxylic acids is 1. The number of hydroxylamine groups is 2. The zero-order valence-corrected chi connectivity index (χ0v) is 22.5. The summed E-state index contributed by atoms with van der Waals surface area (Å²) in [6.45, 7) is 9.90. The number of hydrogen-bond donors (Lipinski definition) is 4. The van der Waals surface area contributed by atoms with Crippen LogP contribution in [-0.2, 0) is 22.7 Å². The minimum absolute atomic E-state index is 0.281. The summed E-state index contributed by atoms with van der Waals surface area (Å²) in [5.41, 5.74) is 14.0. The number of aromatic nitrogens is 1. The van der Waals surface area contributed by atoms with Gasteiger partial charge in [0.15, 0.2) is 0 Å². The van der Waals surface area contributed by atoms with Gasteiger partial charge in [-0.15, -0.1) is 11.8 Å². The van der Waals surface area contributed by atoms with Gasteiger partial charge in [-0.2, -0.15) is 10.0 Å². The molecule has 0 radical (unpaired) electrons. The molecule has 0 spiro atoms. The molecule has 5 N–H and O–H groups in total. The predicted octanol–water partition coefficient (Wildman–Crippen LogP) is 4.78. The van der Waals surface area contributed by atoms with Gasteiger partial charge in [0.05, 0.1) is 23.3 Å². The SMILES string of the molecule is CCCN/C=C(\N)CSC(c1ccc(C)c(CN2CCCc3ncccc3NO2)c1)C(C)(C)C(=O)O. The lowest BCUT2D eigenvalue weighted by Gasteiger charge is -2.31. The molecule has 3 rings (SSSR count). The molecule has 1 aromatic heterocycles. The Bertz CT molecular complexity index is 1060. The highest BCUT2D eigenvalue weighted by Crippen LogP contribution is 2.45. The second-order valence-electron chi connectivity index (χ2n) is 9.74. The number of nitrogens with one attached hydrogen (secondary N) is 2. The minimum atomic E-state index is -0.983. The van der Waals surface area contributed by atoms with Gasteiger partial charge >= 0.3 is 5.97 Å². The highest BCUT2D eigenvalue weighted by molar-refractivity contribution is 7.99. The first-order valence-corrected chi connectivity index (χ1v) is 13.5. The van der Waals surface area contributed by atoms with E-state index in [4.69, 9.17) is 10.7 Å². The molecule has 1 unspecified atom stereocenters. The summed E-state index contributed by atoms with van der Waals surface area (Å²) in [7, 11) is 0. The summed E-state index contributed by atoms with van der Waals surface area (Å²) in [5, 5.41) is 14.8. The van der Waals surface area contributed by atoms with Crippen LogP contribution in [0.4, 0.5) is 5.69 Å². The van der Waals surface area contributed by atoms with Crippen molar-refractivity contribution in [3.8, 4) is 0 Å². The topological polar surface area (TPSA) is 113 Å². The molecule has 36 heavy (non-hydrogen) atoms. The fourth-order valence-electron chi connectivity index (χ4n) is 4.04. The number of pyridine rings is 1. The number of hydrogen-bond acceptors (Lipinski definition) is 8. The van der Waals surface area contributed by atoms with Crippen LogP contribution in [0.2, 0.25) is 0 Å². The van der Waals surface area contributed by atoms with Crippen LogP contribution in [0.5, 0.6) is 0 Å². The normalized spacial score (nSPS) is 15.8. The number of carbonyl (C=O) groups is 1. The van der Waals surface area contributed by atoms with Crippen molar-refractivity contribution < 1.29 is 14.8 Å². The number of benzene rings is 1. The maximum Gasteiger partial charge on any atom is 0.310 e. The van der Waals surface area contributed by atoms with Crippen molar-refractivity contribution in [2.75, 3.05) is 24.3 Å². The lowest BCUT2D eigenvalue weighted by molar-refractivity contribution is -0.147. The number of rotatable bonds is 11. The summed E-state index contributed by atoms with van der Waals surface area (Å²) >= 11 is 1.56. The van der Waals surface area contributed by atoms with Crippen LogP contribution in [0.15, 0.2) is 48.4 Å². The van der Waals surface area contributed by atoms with Crippen LogP contribution in [0, 0.1) is 12.3 Å². The average Bonchev–Trinajstić information content (AvgIpc) is 2.83. The molecule has 0 bridgehead atoms. The molecule has 0 amide bonds. The van der Waals surface area contributed by atoms with Gasteiger partial charge in [-0.1, -0.05) is 25.1 Å². The Hall–Kier alpha value is -2.75. The summed E-state index contributed by atoms with van der Waals surface area (Å²) in [5.74, 6) is -0.300. The third kappa shape index (κ3) is 7.38. The number of carboxylic acids is 1. The first-order chi connectivity index (χ1) is 17.2. The lowest BCUT2D eigenvalue weighted by Crippen LogP contribution is -2.31. The van der Waals surface area contributed by atoms with Gasteiger partial charge in [0.2, 0.25) is 0 Å². The number of nitrogens with zero attached hydrogens (tertiary/aromatic N) is 2. The molecule has 8 nitrogen and oxygen atoms in total. The fourth-order valence-corrected chi connectivity index (χ4v) is 5.34. The summed E-state index contributed by atoms with van der Waals surface area (Å²) in [4.78, 5) is 22.6. The van der Waals surface area contributed by atoms with E-state index < -0.39 is 11.4 Å². The van der Waals surface area contributed by atoms with E-state index in [-0.39, 0.29) is 5.25 Å². The Kier molecular flexibility index (Phi) is 10.0. The molecule has 9 heteroatoms. The van der Waals surface area contributed by atoms with Crippen molar-refractivity contribution in [3.63, 3.8) is 0 Å². The first kappa shape index (κ1) is 27.8. The van der Waals surface area contributed by atoms with E-state index >= 15 is 0 Å². The number of thioether (sulfide) groups is 1. The second-order valence-corrected chi connectivity index (χ2v) is 10.8. The molecule has 0 saturated carbocycles. The maximum atomic E-state index is 12.2. The molecule has 0 saturated heterocycles. The van der Waals surface area contributed by atoms with Gasteiger partial charge in [-0.25, -0.2) is 5.48 Å². The third-order valence-corrected chi connectivity index (χ3v) is 8.02. The summed E-state index contributed by atoms with van der Waals surface area (Å²) in [6, 6.07) is 10.1. The second kappa shape index (κ2) is 13.0. The summed E-state index contributed by atoms with van der Waals surface area (Å²) < 4.78 is 0. The minimum Gasteiger partial charge on any atom is -0.481 e. The van der Waals surface area contributed by atoms with Gasteiger partial charge in [0, 0.05) is 42.2 Å². The van der Waals surface area contributed by atoms with Gasteiger partial charge in [-0.3, -0.25) is 9.78 Å². The van der Waals surface area contributed by atoms with Gasteiger partial charge < -0.3 is 16.2 Å². The predicted molar refractivity (Wildman–Crippen MR) is 146 cm³/mol. The Balaban J connectivity index is 1.79. The lowest BCUT2D eigenvalue weighted by atomic mass is 9.84. The molecule has 0 aliphatic carbocycles. The number of nitrogens with two attached hydrogens (primary N) is 1. The zero-order chi connectivity index (χ0) is 26.1. The van der Waals surface area contributed by atoms with Crippen molar-refractivity contribution in [2.24, 2.45) is 11.1 Å². The molecule has 1 aliphatic rings. The van der Waals surface area contributed by atoms with Crippen molar-refractivity contribution in [1.29, 1.82) is 0 Å². The zero-order valence-electron chi connectivity index (χ0n) is 21.7. The van der Waals surface area contributed by atoms with Gasteiger partial charge in [0.1, 0.15) is 0 Å². The molecular formula is C27H39N5O3S. The average molecular weight is 514 g/mol. The van der Waals surface area contributed by atoms with Crippen molar-refractivity contribution in [3.05, 3.63) is 70.8 Å². The molecule has 1 aliphatic heterocycles. The quantitative estimate of drug-likeness (QED) is 0.315. The number of fused-ring (bicyclic) bond motifs is 1. The van der Waals surface area contributed by atoms with E-state index in [1.54, 1.807) is 31.8 Å². The number of carboxylic acid groups (broad SMARTS) is 1. The Labute approximate surface area is 218 Å².